The third-order valence-corrected chi connectivity index (χ3v) is 3.28. The topological polar surface area (TPSA) is 66.5 Å². The standard InChI is InChI=1S/C16H19NO2/c17-14-10-11-15(18)16(19)13(14)9-5-4-8-12-6-2-1-3-7-12/h1-3,6-7,10-11,18-19H,4-5,8-9,17H2. The van der Waals surface area contributed by atoms with Gasteiger partial charge in [-0.2, -0.15) is 0 Å². The molecule has 0 aliphatic heterocycles. The van der Waals surface area contributed by atoms with Crippen LogP contribution in [-0.4, -0.2) is 10.2 Å². The Morgan fingerprint density at radius 1 is 0.842 bits per heavy atom. The molecule has 3 heteroatoms. The second kappa shape index (κ2) is 6.14. The van der Waals surface area contributed by atoms with E-state index < -0.39 is 0 Å². The van der Waals surface area contributed by atoms with E-state index in [9.17, 15) is 10.2 Å². The van der Waals surface area contributed by atoms with Crippen molar-refractivity contribution in [3.8, 4) is 11.5 Å². The SMILES string of the molecule is Nc1ccc(O)c(O)c1CCCCc1ccccc1. The number of benzene rings is 2. The fourth-order valence-electron chi connectivity index (χ4n) is 2.18. The second-order valence-corrected chi connectivity index (χ2v) is 4.69. The maximum Gasteiger partial charge on any atom is 0.162 e. The molecular formula is C16H19NO2. The van der Waals surface area contributed by atoms with E-state index in [1.54, 1.807) is 6.07 Å². The lowest BCUT2D eigenvalue weighted by molar-refractivity contribution is 0.399. The predicted molar refractivity (Wildman–Crippen MR) is 77.3 cm³/mol. The van der Waals surface area contributed by atoms with E-state index in [0.717, 1.165) is 19.3 Å². The Hall–Kier alpha value is -2.16. The predicted octanol–water partition coefficient (Wildman–Crippen LogP) is 3.25. The van der Waals surface area contributed by atoms with Crippen molar-refractivity contribution in [3.63, 3.8) is 0 Å². The van der Waals surface area contributed by atoms with Crippen LogP contribution in [0.15, 0.2) is 42.5 Å². The van der Waals surface area contributed by atoms with Gasteiger partial charge >= 0.3 is 0 Å². The first-order chi connectivity index (χ1) is 9.18. The van der Waals surface area contributed by atoms with Gasteiger partial charge in [-0.15, -0.1) is 0 Å². The molecule has 0 saturated heterocycles. The van der Waals surface area contributed by atoms with Crippen LogP contribution in [-0.2, 0) is 12.8 Å². The molecule has 2 aromatic carbocycles. The minimum atomic E-state index is -0.104. The van der Waals surface area contributed by atoms with Gasteiger partial charge in [0.2, 0.25) is 0 Å². The number of rotatable bonds is 5. The quantitative estimate of drug-likeness (QED) is 0.333. The van der Waals surface area contributed by atoms with E-state index in [4.69, 9.17) is 5.73 Å². The average molecular weight is 257 g/mol. The fourth-order valence-corrected chi connectivity index (χ4v) is 2.18. The van der Waals surface area contributed by atoms with Crippen LogP contribution < -0.4 is 5.73 Å². The summed E-state index contributed by atoms with van der Waals surface area (Å²) in [6.45, 7) is 0. The minimum Gasteiger partial charge on any atom is -0.504 e. The molecule has 0 fully saturated rings. The molecule has 0 spiro atoms. The highest BCUT2D eigenvalue weighted by atomic mass is 16.3. The number of hydrogen-bond donors (Lipinski definition) is 3. The number of aromatic hydroxyl groups is 2. The number of phenols is 2. The van der Waals surface area contributed by atoms with E-state index in [2.05, 4.69) is 12.1 Å². The zero-order valence-corrected chi connectivity index (χ0v) is 10.8. The monoisotopic (exact) mass is 257 g/mol. The van der Waals surface area contributed by atoms with Crippen molar-refractivity contribution in [2.75, 3.05) is 5.73 Å². The highest BCUT2D eigenvalue weighted by molar-refractivity contribution is 5.59. The van der Waals surface area contributed by atoms with E-state index >= 15 is 0 Å². The number of nitrogen functional groups attached to an aromatic ring is 1. The number of unbranched alkanes of at least 4 members (excludes halogenated alkanes) is 1. The fraction of sp³-hybridized carbons (Fsp3) is 0.250. The van der Waals surface area contributed by atoms with Crippen LogP contribution in [0, 0.1) is 0 Å². The van der Waals surface area contributed by atoms with E-state index in [1.807, 2.05) is 18.2 Å². The number of anilines is 1. The maximum absolute atomic E-state index is 9.76. The lowest BCUT2D eigenvalue weighted by atomic mass is 10.0. The molecule has 0 atom stereocenters. The average Bonchev–Trinajstić information content (AvgIpc) is 2.43. The first-order valence-electron chi connectivity index (χ1n) is 6.51. The largest absolute Gasteiger partial charge is 0.504 e. The summed E-state index contributed by atoms with van der Waals surface area (Å²) < 4.78 is 0. The van der Waals surface area contributed by atoms with Crippen LogP contribution in [0.3, 0.4) is 0 Å². The van der Waals surface area contributed by atoms with Crippen LogP contribution in [0.2, 0.25) is 0 Å². The van der Waals surface area contributed by atoms with Gasteiger partial charge in [0.25, 0.3) is 0 Å². The molecule has 0 aromatic heterocycles. The summed E-state index contributed by atoms with van der Waals surface area (Å²) in [5, 5.41) is 19.2. The summed E-state index contributed by atoms with van der Waals surface area (Å²) in [5.41, 5.74) is 8.31. The van der Waals surface area contributed by atoms with Crippen molar-refractivity contribution in [2.24, 2.45) is 0 Å². The number of hydrogen-bond acceptors (Lipinski definition) is 3. The van der Waals surface area contributed by atoms with E-state index in [0.29, 0.717) is 17.7 Å². The van der Waals surface area contributed by atoms with Gasteiger partial charge in [-0.05, 0) is 43.4 Å². The van der Waals surface area contributed by atoms with Gasteiger partial charge in [-0.1, -0.05) is 30.3 Å². The van der Waals surface area contributed by atoms with Gasteiger partial charge in [0.05, 0.1) is 0 Å². The van der Waals surface area contributed by atoms with Gasteiger partial charge in [0.1, 0.15) is 0 Å². The third-order valence-electron chi connectivity index (χ3n) is 3.28. The Bertz CT molecular complexity index is 538. The number of aryl methyl sites for hydroxylation is 1. The summed E-state index contributed by atoms with van der Waals surface area (Å²) in [6.07, 6.45) is 3.65. The van der Waals surface area contributed by atoms with Crippen LogP contribution in [0.4, 0.5) is 5.69 Å². The molecule has 0 radical (unpaired) electrons. The lowest BCUT2D eigenvalue weighted by Crippen LogP contribution is -1.96. The van der Waals surface area contributed by atoms with Crippen molar-refractivity contribution < 1.29 is 10.2 Å². The Kier molecular flexibility index (Phi) is 4.29. The summed E-state index contributed by atoms with van der Waals surface area (Å²) in [5.74, 6) is -0.188. The summed E-state index contributed by atoms with van der Waals surface area (Å²) in [6, 6.07) is 13.3. The molecule has 19 heavy (non-hydrogen) atoms. The molecule has 3 nitrogen and oxygen atoms in total. The summed E-state index contributed by atoms with van der Waals surface area (Å²) in [4.78, 5) is 0. The van der Waals surface area contributed by atoms with Gasteiger partial charge in [0.15, 0.2) is 11.5 Å². The second-order valence-electron chi connectivity index (χ2n) is 4.69. The smallest absolute Gasteiger partial charge is 0.162 e. The molecular weight excluding hydrogens is 238 g/mol. The highest BCUT2D eigenvalue weighted by Crippen LogP contribution is 2.33. The van der Waals surface area contributed by atoms with Crippen molar-refractivity contribution in [3.05, 3.63) is 53.6 Å². The zero-order valence-electron chi connectivity index (χ0n) is 10.8. The van der Waals surface area contributed by atoms with Crippen LogP contribution >= 0.6 is 0 Å². The summed E-state index contributed by atoms with van der Waals surface area (Å²) >= 11 is 0. The molecule has 2 rings (SSSR count). The Morgan fingerprint density at radius 2 is 1.53 bits per heavy atom. The number of phenolic OH excluding ortho intramolecular Hbond substituents is 2. The molecule has 0 amide bonds. The van der Waals surface area contributed by atoms with Gasteiger partial charge in [-0.25, -0.2) is 0 Å². The van der Waals surface area contributed by atoms with Gasteiger partial charge < -0.3 is 15.9 Å². The van der Waals surface area contributed by atoms with E-state index in [-0.39, 0.29) is 11.5 Å². The maximum atomic E-state index is 9.76. The van der Waals surface area contributed by atoms with Crippen LogP contribution in [0.25, 0.3) is 0 Å². The molecule has 2 aromatic rings. The summed E-state index contributed by atoms with van der Waals surface area (Å²) in [7, 11) is 0. The lowest BCUT2D eigenvalue weighted by Gasteiger charge is -2.09. The van der Waals surface area contributed by atoms with Crippen LogP contribution in [0.5, 0.6) is 11.5 Å². The Balaban J connectivity index is 1.88. The first-order valence-corrected chi connectivity index (χ1v) is 6.51. The molecule has 0 bridgehead atoms. The molecule has 0 saturated carbocycles. The molecule has 100 valence electrons. The molecule has 4 N–H and O–H groups in total. The minimum absolute atomic E-state index is 0.0836. The van der Waals surface area contributed by atoms with Gasteiger partial charge in [0, 0.05) is 11.3 Å². The molecule has 0 unspecified atom stereocenters. The first kappa shape index (κ1) is 13.3. The van der Waals surface area contributed by atoms with Crippen molar-refractivity contribution >= 4 is 5.69 Å². The Labute approximate surface area is 113 Å². The Morgan fingerprint density at radius 3 is 2.26 bits per heavy atom. The van der Waals surface area contributed by atoms with E-state index in [1.165, 1.54) is 11.6 Å². The van der Waals surface area contributed by atoms with Gasteiger partial charge in [-0.3, -0.25) is 0 Å². The third kappa shape index (κ3) is 3.41. The van der Waals surface area contributed by atoms with Crippen molar-refractivity contribution in [2.45, 2.75) is 25.7 Å². The van der Waals surface area contributed by atoms with Crippen molar-refractivity contribution in [1.82, 2.24) is 0 Å². The number of nitrogens with two attached hydrogens (primary N) is 1. The van der Waals surface area contributed by atoms with Crippen LogP contribution in [0.1, 0.15) is 24.0 Å². The normalized spacial score (nSPS) is 10.5. The van der Waals surface area contributed by atoms with Crippen molar-refractivity contribution in [1.29, 1.82) is 0 Å². The zero-order chi connectivity index (χ0) is 13.7. The molecule has 0 aliphatic carbocycles. The highest BCUT2D eigenvalue weighted by Gasteiger charge is 2.09. The molecule has 0 heterocycles. The molecule has 0 aliphatic rings.